The number of esters is 1. The van der Waals surface area contributed by atoms with Gasteiger partial charge in [0.2, 0.25) is 0 Å². The summed E-state index contributed by atoms with van der Waals surface area (Å²) >= 11 is 0. The minimum Gasteiger partial charge on any atom is -0.493 e. The summed E-state index contributed by atoms with van der Waals surface area (Å²) in [6.07, 6.45) is -0.340. The second-order valence-corrected chi connectivity index (χ2v) is 12.9. The van der Waals surface area contributed by atoms with Crippen LogP contribution < -0.4 is 10.3 Å². The van der Waals surface area contributed by atoms with Crippen LogP contribution in [0.2, 0.25) is 0 Å². The van der Waals surface area contributed by atoms with Crippen LogP contribution >= 0.6 is 0 Å². The van der Waals surface area contributed by atoms with E-state index in [1.165, 1.54) is 6.26 Å². The molecule has 2 atom stereocenters. The molecule has 2 aromatic carbocycles. The molecule has 0 aliphatic rings. The number of hydrogen-bond donors (Lipinski definition) is 1. The first-order valence-electron chi connectivity index (χ1n) is 14.7. The number of carbonyl (C=O) groups excluding carboxylic acids is 2. The lowest BCUT2D eigenvalue weighted by atomic mass is 9.77. The Balaban J connectivity index is 1.77. The topological polar surface area (TPSA) is 143 Å². The third kappa shape index (κ3) is 7.51. The van der Waals surface area contributed by atoms with E-state index >= 15 is 0 Å². The molecule has 4 rings (SSSR count). The molecule has 44 heavy (non-hydrogen) atoms. The third-order valence-electron chi connectivity index (χ3n) is 6.94. The SMILES string of the molecule is CCCOc1ccc2c(C(=O)CC(CCn3nnc4ccccc4c3=O)(C(=O)OC(C)(C)C)C(O)OC(C)(C)C)coc2c1. The van der Waals surface area contributed by atoms with Gasteiger partial charge in [0.25, 0.3) is 5.56 Å². The number of carbonyl (C=O) groups is 2. The summed E-state index contributed by atoms with van der Waals surface area (Å²) < 4.78 is 24.2. The van der Waals surface area contributed by atoms with Gasteiger partial charge in [0.15, 0.2) is 12.1 Å². The molecule has 2 aromatic heterocycles. The van der Waals surface area contributed by atoms with Crippen molar-refractivity contribution in [1.29, 1.82) is 0 Å². The van der Waals surface area contributed by atoms with Crippen LogP contribution in [0.25, 0.3) is 21.9 Å². The first-order valence-corrected chi connectivity index (χ1v) is 14.7. The van der Waals surface area contributed by atoms with E-state index in [0.29, 0.717) is 34.2 Å². The molecule has 4 aromatic rings. The monoisotopic (exact) mass is 607 g/mol. The molecule has 0 amide bonds. The fourth-order valence-corrected chi connectivity index (χ4v) is 4.79. The Morgan fingerprint density at radius 1 is 1.02 bits per heavy atom. The van der Waals surface area contributed by atoms with Crippen molar-refractivity contribution in [2.24, 2.45) is 5.41 Å². The van der Waals surface area contributed by atoms with Crippen molar-refractivity contribution in [1.82, 2.24) is 15.0 Å². The molecule has 2 heterocycles. The normalized spacial score (nSPS) is 14.4. The predicted molar refractivity (Wildman–Crippen MR) is 164 cm³/mol. The van der Waals surface area contributed by atoms with Crippen LogP contribution in [0.3, 0.4) is 0 Å². The van der Waals surface area contributed by atoms with Crippen LogP contribution in [0.4, 0.5) is 0 Å². The number of rotatable bonds is 12. The summed E-state index contributed by atoms with van der Waals surface area (Å²) in [5, 5.41) is 20.7. The molecule has 11 nitrogen and oxygen atoms in total. The van der Waals surface area contributed by atoms with Crippen molar-refractivity contribution in [3.05, 3.63) is 64.6 Å². The van der Waals surface area contributed by atoms with E-state index < -0.39 is 46.6 Å². The summed E-state index contributed by atoms with van der Waals surface area (Å²) in [4.78, 5) is 41.3. The first-order chi connectivity index (χ1) is 20.6. The number of benzene rings is 2. The standard InChI is InChI=1S/C33H41N3O8/c1-8-17-41-21-13-14-22-24(20-42-27(22)18-21)26(37)19-33(29(39)43-31(2,3)4,30(40)44-32(5,6)7)15-16-36-28(38)23-11-9-10-12-25(23)34-35-36/h9-14,18,20,29,39H,8,15-17,19H2,1-7H3. The Labute approximate surface area is 256 Å². The maximum absolute atomic E-state index is 14.1. The Kier molecular flexibility index (Phi) is 9.60. The fourth-order valence-electron chi connectivity index (χ4n) is 4.79. The number of nitrogens with zero attached hydrogens (tertiary/aromatic N) is 3. The lowest BCUT2D eigenvalue weighted by molar-refractivity contribution is -0.238. The highest BCUT2D eigenvalue weighted by Gasteiger charge is 2.51. The molecule has 0 saturated heterocycles. The van der Waals surface area contributed by atoms with Gasteiger partial charge < -0.3 is 23.7 Å². The summed E-state index contributed by atoms with van der Waals surface area (Å²) in [5.41, 5.74) is -3.12. The lowest BCUT2D eigenvalue weighted by Crippen LogP contribution is -2.51. The molecule has 1 N–H and O–H groups in total. The number of aliphatic hydroxyl groups is 1. The van der Waals surface area contributed by atoms with Crippen molar-refractivity contribution in [2.45, 2.75) is 91.8 Å². The maximum atomic E-state index is 14.1. The molecule has 236 valence electrons. The molecule has 2 unspecified atom stereocenters. The van der Waals surface area contributed by atoms with Crippen molar-refractivity contribution in [3.63, 3.8) is 0 Å². The third-order valence-corrected chi connectivity index (χ3v) is 6.94. The molecule has 0 spiro atoms. The molecule has 0 bridgehead atoms. The number of aryl methyl sites for hydroxylation is 1. The van der Waals surface area contributed by atoms with E-state index in [1.807, 2.05) is 6.92 Å². The van der Waals surface area contributed by atoms with E-state index in [1.54, 1.807) is 84.0 Å². The number of furan rings is 1. The summed E-state index contributed by atoms with van der Waals surface area (Å²) in [5.74, 6) is -0.725. The van der Waals surface area contributed by atoms with E-state index in [4.69, 9.17) is 18.6 Å². The Morgan fingerprint density at radius 2 is 1.75 bits per heavy atom. The van der Waals surface area contributed by atoms with Gasteiger partial charge >= 0.3 is 5.97 Å². The molecule has 0 fully saturated rings. The molecule has 0 saturated carbocycles. The molecule has 0 aliphatic carbocycles. The average Bonchev–Trinajstić information content (AvgIpc) is 3.36. The first kappa shape index (κ1) is 32.8. The Morgan fingerprint density at radius 3 is 2.43 bits per heavy atom. The Hall–Kier alpha value is -4.09. The van der Waals surface area contributed by atoms with Crippen LogP contribution in [0.5, 0.6) is 5.75 Å². The number of ether oxygens (including phenoxy) is 3. The number of aromatic nitrogens is 3. The van der Waals surface area contributed by atoms with Gasteiger partial charge in [-0.15, -0.1) is 5.10 Å². The van der Waals surface area contributed by atoms with E-state index in [2.05, 4.69) is 10.3 Å². The van der Waals surface area contributed by atoms with Crippen LogP contribution in [0, 0.1) is 5.41 Å². The number of ketones is 1. The van der Waals surface area contributed by atoms with Crippen molar-refractivity contribution in [2.75, 3.05) is 6.61 Å². The minimum atomic E-state index is -1.93. The number of fused-ring (bicyclic) bond motifs is 2. The summed E-state index contributed by atoms with van der Waals surface area (Å²) in [6.45, 7) is 12.6. The van der Waals surface area contributed by atoms with Gasteiger partial charge in [-0.2, -0.15) is 0 Å². The van der Waals surface area contributed by atoms with Crippen LogP contribution in [-0.2, 0) is 20.8 Å². The quantitative estimate of drug-likeness (QED) is 0.125. The van der Waals surface area contributed by atoms with Crippen LogP contribution in [0.15, 0.2) is 57.9 Å². The maximum Gasteiger partial charge on any atom is 0.318 e. The minimum absolute atomic E-state index is 0.155. The Bertz CT molecular complexity index is 1700. The van der Waals surface area contributed by atoms with E-state index in [-0.39, 0.29) is 18.5 Å². The van der Waals surface area contributed by atoms with Gasteiger partial charge in [0, 0.05) is 24.4 Å². The zero-order valence-corrected chi connectivity index (χ0v) is 26.4. The van der Waals surface area contributed by atoms with Crippen molar-refractivity contribution >= 4 is 33.6 Å². The second-order valence-electron chi connectivity index (χ2n) is 12.9. The van der Waals surface area contributed by atoms with Gasteiger partial charge in [-0.1, -0.05) is 24.3 Å². The number of Topliss-reactive ketones (excluding diaryl/α,β-unsaturated/α-hetero) is 1. The van der Waals surface area contributed by atoms with Gasteiger partial charge in [0.1, 0.15) is 34.1 Å². The van der Waals surface area contributed by atoms with Gasteiger partial charge in [-0.3, -0.25) is 14.4 Å². The number of aliphatic hydroxyl groups excluding tert-OH is 1. The predicted octanol–water partition coefficient (Wildman–Crippen LogP) is 5.45. The zero-order valence-electron chi connectivity index (χ0n) is 26.4. The van der Waals surface area contributed by atoms with Gasteiger partial charge in [0.05, 0.1) is 23.2 Å². The molecule has 0 radical (unpaired) electrons. The van der Waals surface area contributed by atoms with Crippen LogP contribution in [0.1, 0.15) is 78.1 Å². The second kappa shape index (κ2) is 12.9. The van der Waals surface area contributed by atoms with Gasteiger partial charge in [-0.25, -0.2) is 4.68 Å². The molecular weight excluding hydrogens is 566 g/mol. The highest BCUT2D eigenvalue weighted by Crippen LogP contribution is 2.39. The van der Waals surface area contributed by atoms with Crippen molar-refractivity contribution in [3.8, 4) is 5.75 Å². The highest BCUT2D eigenvalue weighted by atomic mass is 16.6. The van der Waals surface area contributed by atoms with E-state index in [9.17, 15) is 19.5 Å². The van der Waals surface area contributed by atoms with Crippen LogP contribution in [-0.4, -0.2) is 56.0 Å². The fraction of sp³-hybridized carbons (Fsp3) is 0.485. The van der Waals surface area contributed by atoms with Crippen molar-refractivity contribution < 1.29 is 33.3 Å². The highest BCUT2D eigenvalue weighted by molar-refractivity contribution is 6.08. The average molecular weight is 608 g/mol. The molecule has 0 aliphatic heterocycles. The van der Waals surface area contributed by atoms with Gasteiger partial charge in [-0.05, 0) is 78.6 Å². The largest absolute Gasteiger partial charge is 0.493 e. The van der Waals surface area contributed by atoms with E-state index in [0.717, 1.165) is 11.1 Å². The summed E-state index contributed by atoms with van der Waals surface area (Å²) in [7, 11) is 0. The summed E-state index contributed by atoms with van der Waals surface area (Å²) in [6, 6.07) is 11.9. The lowest BCUT2D eigenvalue weighted by Gasteiger charge is -2.39. The molecule has 11 heteroatoms. The number of hydrogen-bond acceptors (Lipinski definition) is 10. The zero-order chi connectivity index (χ0) is 32.3. The molecular formula is C33H41N3O8. The smallest absolute Gasteiger partial charge is 0.318 e.